The molecule has 0 atom stereocenters. The lowest BCUT2D eigenvalue weighted by atomic mass is 10.1. The smallest absolute Gasteiger partial charge is 0.346 e. The van der Waals surface area contributed by atoms with Crippen LogP contribution in [0, 0.1) is 0 Å². The molecule has 3 aromatic rings. The molecule has 0 aliphatic rings. The summed E-state index contributed by atoms with van der Waals surface area (Å²) in [5.74, 6) is -0.576. The maximum atomic E-state index is 12.7. The molecule has 26 heavy (non-hydrogen) atoms. The van der Waals surface area contributed by atoms with E-state index in [9.17, 15) is 18.0 Å². The minimum Gasteiger partial charge on any atom is -0.346 e. The van der Waals surface area contributed by atoms with Crippen molar-refractivity contribution in [3.63, 3.8) is 0 Å². The summed E-state index contributed by atoms with van der Waals surface area (Å²) in [4.78, 5) is 13.0. The van der Waals surface area contributed by atoms with E-state index in [-0.39, 0.29) is 12.1 Å². The van der Waals surface area contributed by atoms with Crippen molar-refractivity contribution in [2.24, 2.45) is 0 Å². The van der Waals surface area contributed by atoms with Gasteiger partial charge in [-0.2, -0.15) is 18.3 Å². The van der Waals surface area contributed by atoms with E-state index < -0.39 is 17.6 Å². The number of hydrogen-bond acceptors (Lipinski definition) is 3. The van der Waals surface area contributed by atoms with Gasteiger partial charge in [-0.25, -0.2) is 0 Å². The molecule has 0 aliphatic carbocycles. The minimum atomic E-state index is -4.48. The molecule has 8 heteroatoms. The van der Waals surface area contributed by atoms with Crippen LogP contribution < -0.4 is 5.32 Å². The first-order chi connectivity index (χ1) is 12.4. The van der Waals surface area contributed by atoms with Crippen LogP contribution in [0.4, 0.5) is 13.2 Å². The number of hydrogen-bond donors (Lipinski definition) is 2. The van der Waals surface area contributed by atoms with Crippen molar-refractivity contribution in [1.82, 2.24) is 15.5 Å². The van der Waals surface area contributed by atoms with Crippen LogP contribution in [0.1, 0.15) is 35.5 Å². The molecule has 1 aromatic carbocycles. The Hall–Kier alpha value is -2.61. The molecule has 1 amide bonds. The number of alkyl halides is 3. The van der Waals surface area contributed by atoms with Gasteiger partial charge in [-0.3, -0.25) is 9.89 Å². The van der Waals surface area contributed by atoms with Crippen LogP contribution in [0.5, 0.6) is 0 Å². The maximum Gasteiger partial charge on any atom is 0.416 e. The number of carbonyl (C=O) groups is 1. The third kappa shape index (κ3) is 4.95. The van der Waals surface area contributed by atoms with Crippen LogP contribution in [-0.4, -0.2) is 16.1 Å². The van der Waals surface area contributed by atoms with Crippen LogP contribution in [0.25, 0.3) is 10.6 Å². The summed E-state index contributed by atoms with van der Waals surface area (Å²) >= 11 is 1.54. The van der Waals surface area contributed by atoms with Crippen LogP contribution in [0.3, 0.4) is 0 Å². The highest BCUT2D eigenvalue weighted by molar-refractivity contribution is 7.13. The van der Waals surface area contributed by atoms with Crippen molar-refractivity contribution in [2.75, 3.05) is 0 Å². The van der Waals surface area contributed by atoms with Gasteiger partial charge in [0, 0.05) is 5.56 Å². The Labute approximate surface area is 153 Å². The van der Waals surface area contributed by atoms with Crippen molar-refractivity contribution < 1.29 is 18.0 Å². The lowest BCUT2D eigenvalue weighted by Crippen LogP contribution is -2.23. The van der Waals surface area contributed by atoms with Gasteiger partial charge in [0.15, 0.2) is 0 Å². The molecule has 2 aromatic heterocycles. The number of benzene rings is 1. The number of aromatic nitrogens is 2. The predicted octanol–water partition coefficient (Wildman–Crippen LogP) is 5.11. The van der Waals surface area contributed by atoms with E-state index >= 15 is 0 Å². The molecule has 2 N–H and O–H groups in total. The molecular weight excluding hydrogens is 363 g/mol. The molecule has 0 radical (unpaired) electrons. The van der Waals surface area contributed by atoms with E-state index in [2.05, 4.69) is 15.5 Å². The van der Waals surface area contributed by atoms with Gasteiger partial charge in [-0.05, 0) is 35.7 Å². The standard InChI is InChI=1S/C16H12F3N3OS.C2H6/c17-16(18,19)11-4-1-3-10(7-11)15(23)20-9-12-8-13(22-21-12)14-5-2-6-24-14;1-2/h1-8H,9H2,(H,20,23)(H,21,22);1-2H3. The second-order valence-electron chi connectivity index (χ2n) is 5.02. The highest BCUT2D eigenvalue weighted by Crippen LogP contribution is 2.29. The first-order valence-corrected chi connectivity index (χ1v) is 8.85. The van der Waals surface area contributed by atoms with E-state index in [1.165, 1.54) is 23.5 Å². The zero-order valence-corrected chi connectivity index (χ0v) is 15.0. The summed E-state index contributed by atoms with van der Waals surface area (Å²) in [6.07, 6.45) is -4.48. The van der Waals surface area contributed by atoms with Gasteiger partial charge in [-0.1, -0.05) is 26.0 Å². The average molecular weight is 381 g/mol. The average Bonchev–Trinajstić information content (AvgIpc) is 3.32. The number of aromatic amines is 1. The first-order valence-electron chi connectivity index (χ1n) is 7.97. The van der Waals surface area contributed by atoms with Gasteiger partial charge in [-0.15, -0.1) is 11.3 Å². The Morgan fingerprint density at radius 3 is 2.62 bits per heavy atom. The number of thiophene rings is 1. The van der Waals surface area contributed by atoms with Crippen molar-refractivity contribution in [3.8, 4) is 10.6 Å². The Balaban J connectivity index is 0.00000117. The second kappa shape index (κ2) is 8.66. The molecule has 0 unspecified atom stereocenters. The number of rotatable bonds is 4. The zero-order chi connectivity index (χ0) is 19.2. The van der Waals surface area contributed by atoms with Crippen molar-refractivity contribution >= 4 is 17.2 Å². The summed E-state index contributed by atoms with van der Waals surface area (Å²) in [5, 5.41) is 11.4. The largest absolute Gasteiger partial charge is 0.416 e. The van der Waals surface area contributed by atoms with E-state index in [1.807, 2.05) is 31.4 Å². The van der Waals surface area contributed by atoms with E-state index in [0.717, 1.165) is 22.7 Å². The molecule has 3 rings (SSSR count). The molecule has 0 aliphatic heterocycles. The molecule has 0 saturated heterocycles. The molecule has 0 fully saturated rings. The van der Waals surface area contributed by atoms with Crippen LogP contribution in [-0.2, 0) is 12.7 Å². The number of amides is 1. The normalized spacial score (nSPS) is 10.8. The Kier molecular flexibility index (Phi) is 6.57. The number of nitrogens with one attached hydrogen (secondary N) is 2. The number of nitrogens with zero attached hydrogens (tertiary/aromatic N) is 1. The second-order valence-corrected chi connectivity index (χ2v) is 5.96. The van der Waals surface area contributed by atoms with Gasteiger partial charge in [0.25, 0.3) is 5.91 Å². The van der Waals surface area contributed by atoms with Crippen LogP contribution in [0.2, 0.25) is 0 Å². The molecule has 4 nitrogen and oxygen atoms in total. The Morgan fingerprint density at radius 2 is 1.96 bits per heavy atom. The van der Waals surface area contributed by atoms with E-state index in [4.69, 9.17) is 0 Å². The fraction of sp³-hybridized carbons (Fsp3) is 0.222. The Morgan fingerprint density at radius 1 is 1.19 bits per heavy atom. The quantitative estimate of drug-likeness (QED) is 0.660. The SMILES string of the molecule is CC.O=C(NCc1cc(-c2cccs2)n[nH]1)c1cccc(C(F)(F)F)c1. The van der Waals surface area contributed by atoms with Crippen LogP contribution >= 0.6 is 11.3 Å². The van der Waals surface area contributed by atoms with E-state index in [0.29, 0.717) is 5.69 Å². The van der Waals surface area contributed by atoms with Gasteiger partial charge in [0.05, 0.1) is 22.7 Å². The van der Waals surface area contributed by atoms with Gasteiger partial charge < -0.3 is 5.32 Å². The molecule has 0 bridgehead atoms. The fourth-order valence-electron chi connectivity index (χ4n) is 2.12. The number of carbonyl (C=O) groups excluding carboxylic acids is 1. The summed E-state index contributed by atoms with van der Waals surface area (Å²) < 4.78 is 38.0. The topological polar surface area (TPSA) is 57.8 Å². The van der Waals surface area contributed by atoms with Crippen molar-refractivity contribution in [2.45, 2.75) is 26.6 Å². The third-order valence-corrected chi connectivity index (χ3v) is 4.19. The van der Waals surface area contributed by atoms with Gasteiger partial charge in [0.1, 0.15) is 5.69 Å². The molecular formula is C18H18F3N3OS. The van der Waals surface area contributed by atoms with E-state index in [1.54, 1.807) is 6.07 Å². The molecule has 0 spiro atoms. The highest BCUT2D eigenvalue weighted by Gasteiger charge is 2.30. The number of halogens is 3. The fourth-order valence-corrected chi connectivity index (χ4v) is 2.80. The minimum absolute atomic E-state index is 0.0391. The summed E-state index contributed by atoms with van der Waals surface area (Å²) in [6, 6.07) is 9.93. The molecule has 138 valence electrons. The lowest BCUT2D eigenvalue weighted by Gasteiger charge is -2.08. The molecule has 2 heterocycles. The summed E-state index contributed by atoms with van der Waals surface area (Å²) in [7, 11) is 0. The molecule has 0 saturated carbocycles. The van der Waals surface area contributed by atoms with Crippen LogP contribution in [0.15, 0.2) is 47.8 Å². The monoisotopic (exact) mass is 381 g/mol. The maximum absolute atomic E-state index is 12.7. The van der Waals surface area contributed by atoms with Crippen molar-refractivity contribution in [1.29, 1.82) is 0 Å². The zero-order valence-electron chi connectivity index (χ0n) is 14.2. The Bertz CT molecular complexity index is 841. The van der Waals surface area contributed by atoms with Gasteiger partial charge >= 0.3 is 6.18 Å². The third-order valence-electron chi connectivity index (χ3n) is 3.30. The number of H-pyrrole nitrogens is 1. The van der Waals surface area contributed by atoms with Crippen molar-refractivity contribution in [3.05, 3.63) is 64.7 Å². The van der Waals surface area contributed by atoms with Gasteiger partial charge in [0.2, 0.25) is 0 Å². The summed E-state index contributed by atoms with van der Waals surface area (Å²) in [5.41, 5.74) is 0.534. The highest BCUT2D eigenvalue weighted by atomic mass is 32.1. The predicted molar refractivity (Wildman–Crippen MR) is 95.9 cm³/mol. The first kappa shape index (κ1) is 19.7. The lowest BCUT2D eigenvalue weighted by molar-refractivity contribution is -0.137. The summed E-state index contributed by atoms with van der Waals surface area (Å²) in [6.45, 7) is 4.15.